The van der Waals surface area contributed by atoms with Gasteiger partial charge in [-0.15, -0.1) is 0 Å². The average molecular weight is 360 g/mol. The Kier molecular flexibility index (Phi) is 6.19. The maximum atomic E-state index is 12.4. The third kappa shape index (κ3) is 4.59. The zero-order valence-corrected chi connectivity index (χ0v) is 14.9. The second-order valence-corrected chi connectivity index (χ2v) is 6.31. The molecule has 0 unspecified atom stereocenters. The number of amides is 2. The molecule has 8 heteroatoms. The predicted octanol–water partition coefficient (Wildman–Crippen LogP) is 0.947. The zero-order chi connectivity index (χ0) is 18.4. The lowest BCUT2D eigenvalue weighted by Crippen LogP contribution is -2.47. The molecular weight excluding hydrogens is 336 g/mol. The van der Waals surface area contributed by atoms with Gasteiger partial charge < -0.3 is 24.7 Å². The summed E-state index contributed by atoms with van der Waals surface area (Å²) >= 11 is 0. The molecule has 1 aliphatic rings. The summed E-state index contributed by atoms with van der Waals surface area (Å²) in [6.45, 7) is 2.21. The maximum Gasteiger partial charge on any atom is 0.251 e. The molecule has 1 fully saturated rings. The van der Waals surface area contributed by atoms with Crippen molar-refractivity contribution in [1.29, 1.82) is 0 Å². The average Bonchev–Trinajstić information content (AvgIpc) is 3.13. The molecule has 0 aliphatic carbocycles. The molecule has 2 heterocycles. The van der Waals surface area contributed by atoms with Crippen LogP contribution in [-0.4, -0.2) is 72.7 Å². The molecule has 1 aliphatic heterocycles. The molecule has 0 saturated carbocycles. The molecule has 0 atom stereocenters. The first-order valence-electron chi connectivity index (χ1n) is 8.76. The summed E-state index contributed by atoms with van der Waals surface area (Å²) in [7, 11) is 1.59. The number of carbonyl (C=O) groups is 2. The van der Waals surface area contributed by atoms with E-state index in [1.54, 1.807) is 30.5 Å². The third-order valence-corrected chi connectivity index (χ3v) is 4.52. The van der Waals surface area contributed by atoms with E-state index in [9.17, 15) is 9.59 Å². The Morgan fingerprint density at radius 1 is 1.31 bits per heavy atom. The lowest BCUT2D eigenvalue weighted by molar-refractivity contribution is -0.137. The second-order valence-electron chi connectivity index (χ2n) is 6.31. The van der Waals surface area contributed by atoms with Gasteiger partial charge >= 0.3 is 0 Å². The Balaban J connectivity index is 1.44. The van der Waals surface area contributed by atoms with Gasteiger partial charge in [0.05, 0.1) is 30.6 Å². The summed E-state index contributed by atoms with van der Waals surface area (Å²) in [6.07, 6.45) is 3.09. The van der Waals surface area contributed by atoms with E-state index < -0.39 is 0 Å². The highest BCUT2D eigenvalue weighted by Gasteiger charge is 2.24. The van der Waals surface area contributed by atoms with Crippen LogP contribution in [0.4, 0.5) is 0 Å². The monoisotopic (exact) mass is 360 g/mol. The first kappa shape index (κ1) is 18.3. The van der Waals surface area contributed by atoms with Crippen molar-refractivity contribution in [2.24, 2.45) is 0 Å². The number of aromatic nitrogens is 2. The van der Waals surface area contributed by atoms with E-state index in [1.807, 2.05) is 6.07 Å². The van der Waals surface area contributed by atoms with Gasteiger partial charge in [0.1, 0.15) is 6.61 Å². The number of imidazole rings is 1. The van der Waals surface area contributed by atoms with Crippen LogP contribution in [0.15, 0.2) is 24.5 Å². The predicted molar refractivity (Wildman–Crippen MR) is 95.9 cm³/mol. The SMILES string of the molecule is COCCOCC(=O)N1CCC(NC(=O)c2ccc3nc[nH]c3c2)CC1. The van der Waals surface area contributed by atoms with Crippen molar-refractivity contribution in [3.05, 3.63) is 30.1 Å². The summed E-state index contributed by atoms with van der Waals surface area (Å²) < 4.78 is 10.2. The number of aromatic amines is 1. The zero-order valence-electron chi connectivity index (χ0n) is 14.9. The number of fused-ring (bicyclic) bond motifs is 1. The fraction of sp³-hybridized carbons (Fsp3) is 0.500. The molecule has 8 nitrogen and oxygen atoms in total. The number of nitrogens with one attached hydrogen (secondary N) is 2. The van der Waals surface area contributed by atoms with Crippen LogP contribution >= 0.6 is 0 Å². The highest BCUT2D eigenvalue weighted by atomic mass is 16.5. The van der Waals surface area contributed by atoms with Gasteiger partial charge in [-0.1, -0.05) is 0 Å². The molecule has 26 heavy (non-hydrogen) atoms. The van der Waals surface area contributed by atoms with E-state index in [4.69, 9.17) is 9.47 Å². The van der Waals surface area contributed by atoms with E-state index in [0.29, 0.717) is 31.9 Å². The van der Waals surface area contributed by atoms with Crippen LogP contribution in [0.5, 0.6) is 0 Å². The van der Waals surface area contributed by atoms with Gasteiger partial charge in [0.2, 0.25) is 5.91 Å². The fourth-order valence-corrected chi connectivity index (χ4v) is 3.01. The molecule has 0 spiro atoms. The molecule has 1 saturated heterocycles. The Bertz CT molecular complexity index is 752. The number of methoxy groups -OCH3 is 1. The minimum atomic E-state index is -0.103. The molecule has 2 N–H and O–H groups in total. The minimum Gasteiger partial charge on any atom is -0.382 e. The summed E-state index contributed by atoms with van der Waals surface area (Å²) in [5.41, 5.74) is 2.28. The van der Waals surface area contributed by atoms with Crippen LogP contribution in [0.1, 0.15) is 23.2 Å². The first-order chi connectivity index (χ1) is 12.7. The number of nitrogens with zero attached hydrogens (tertiary/aromatic N) is 2. The van der Waals surface area contributed by atoms with E-state index in [2.05, 4.69) is 15.3 Å². The quantitative estimate of drug-likeness (QED) is 0.717. The van der Waals surface area contributed by atoms with Crippen LogP contribution in [0.3, 0.4) is 0 Å². The van der Waals surface area contributed by atoms with E-state index in [-0.39, 0.29) is 24.5 Å². The molecular formula is C18H24N4O4. The maximum absolute atomic E-state index is 12.4. The lowest BCUT2D eigenvalue weighted by Gasteiger charge is -2.32. The van der Waals surface area contributed by atoms with Crippen molar-refractivity contribution >= 4 is 22.8 Å². The molecule has 0 bridgehead atoms. The van der Waals surface area contributed by atoms with Gasteiger partial charge in [-0.25, -0.2) is 4.98 Å². The van der Waals surface area contributed by atoms with Gasteiger partial charge in [-0.2, -0.15) is 0 Å². The van der Waals surface area contributed by atoms with Crippen LogP contribution in [0.2, 0.25) is 0 Å². The third-order valence-electron chi connectivity index (χ3n) is 4.52. The first-order valence-corrected chi connectivity index (χ1v) is 8.76. The van der Waals surface area contributed by atoms with Gasteiger partial charge in [0, 0.05) is 31.8 Å². The number of benzene rings is 1. The van der Waals surface area contributed by atoms with Gasteiger partial charge in [-0.3, -0.25) is 9.59 Å². The smallest absolute Gasteiger partial charge is 0.251 e. The van der Waals surface area contributed by atoms with E-state index >= 15 is 0 Å². The summed E-state index contributed by atoms with van der Waals surface area (Å²) in [4.78, 5) is 33.5. The molecule has 1 aromatic heterocycles. The van der Waals surface area contributed by atoms with Crippen LogP contribution in [0.25, 0.3) is 11.0 Å². The number of likely N-dealkylation sites (tertiary alicyclic amines) is 1. The standard InChI is InChI=1S/C18H24N4O4/c1-25-8-9-26-11-17(23)22-6-4-14(5-7-22)21-18(24)13-2-3-15-16(10-13)20-12-19-15/h2-3,10,12,14H,4-9,11H2,1H3,(H,19,20)(H,21,24). The van der Waals surface area contributed by atoms with Crippen LogP contribution in [-0.2, 0) is 14.3 Å². The van der Waals surface area contributed by atoms with Crippen molar-refractivity contribution in [2.75, 3.05) is 40.0 Å². The minimum absolute atomic E-state index is 0.0180. The Morgan fingerprint density at radius 3 is 2.88 bits per heavy atom. The van der Waals surface area contributed by atoms with Gasteiger partial charge in [0.15, 0.2) is 0 Å². The number of carbonyl (C=O) groups excluding carboxylic acids is 2. The summed E-state index contributed by atoms with van der Waals surface area (Å²) in [5, 5.41) is 3.05. The molecule has 140 valence electrons. The van der Waals surface area contributed by atoms with Gasteiger partial charge in [-0.05, 0) is 31.0 Å². The van der Waals surface area contributed by atoms with E-state index in [0.717, 1.165) is 23.9 Å². The van der Waals surface area contributed by atoms with E-state index in [1.165, 1.54) is 0 Å². The Hall–Kier alpha value is -2.45. The van der Waals surface area contributed by atoms with Gasteiger partial charge in [0.25, 0.3) is 5.91 Å². The topological polar surface area (TPSA) is 96.6 Å². The summed E-state index contributed by atoms with van der Waals surface area (Å²) in [5.74, 6) is -0.121. The van der Waals surface area contributed by atoms with Crippen LogP contribution < -0.4 is 5.32 Å². The molecule has 1 aromatic carbocycles. The van der Waals surface area contributed by atoms with Crippen LogP contribution in [0, 0.1) is 0 Å². The van der Waals surface area contributed by atoms with Crippen molar-refractivity contribution in [1.82, 2.24) is 20.2 Å². The number of ether oxygens (including phenoxy) is 2. The summed E-state index contributed by atoms with van der Waals surface area (Å²) in [6, 6.07) is 5.46. The Morgan fingerprint density at radius 2 is 2.12 bits per heavy atom. The molecule has 3 rings (SSSR count). The van der Waals surface area contributed by atoms with Crippen molar-refractivity contribution in [3.63, 3.8) is 0 Å². The van der Waals surface area contributed by atoms with Crippen molar-refractivity contribution < 1.29 is 19.1 Å². The number of hydrogen-bond acceptors (Lipinski definition) is 5. The largest absolute Gasteiger partial charge is 0.382 e. The Labute approximate surface area is 151 Å². The number of rotatable bonds is 7. The normalized spacial score (nSPS) is 15.3. The van der Waals surface area contributed by atoms with Crippen molar-refractivity contribution in [2.45, 2.75) is 18.9 Å². The fourth-order valence-electron chi connectivity index (χ4n) is 3.01. The molecule has 2 amide bonds. The second kappa shape index (κ2) is 8.77. The number of H-pyrrole nitrogens is 1. The lowest BCUT2D eigenvalue weighted by atomic mass is 10.0. The molecule has 2 aromatic rings. The molecule has 0 radical (unpaired) electrons. The number of hydrogen-bond donors (Lipinski definition) is 2. The van der Waals surface area contributed by atoms with Crippen molar-refractivity contribution in [3.8, 4) is 0 Å². The number of piperidine rings is 1. The highest BCUT2D eigenvalue weighted by molar-refractivity contribution is 5.97. The highest BCUT2D eigenvalue weighted by Crippen LogP contribution is 2.14.